The summed E-state index contributed by atoms with van der Waals surface area (Å²) in [7, 11) is 2.27. The number of nitrogens with two attached hydrogens (primary N) is 1. The van der Waals surface area contributed by atoms with Crippen molar-refractivity contribution in [2.45, 2.75) is 65.0 Å². The van der Waals surface area contributed by atoms with Gasteiger partial charge in [-0.3, -0.25) is 4.90 Å². The topological polar surface area (TPSA) is 32.5 Å². The van der Waals surface area contributed by atoms with Crippen molar-refractivity contribution in [1.29, 1.82) is 0 Å². The van der Waals surface area contributed by atoms with Crippen LogP contribution in [-0.2, 0) is 0 Å². The molecule has 1 saturated heterocycles. The van der Waals surface area contributed by atoms with Crippen LogP contribution in [0.15, 0.2) is 0 Å². The van der Waals surface area contributed by atoms with E-state index in [4.69, 9.17) is 5.73 Å². The normalized spacial score (nSPS) is 36.8. The average molecular weight is 281 g/mol. The van der Waals surface area contributed by atoms with Crippen molar-refractivity contribution in [2.75, 3.05) is 33.2 Å². The van der Waals surface area contributed by atoms with Crippen molar-refractivity contribution in [3.05, 3.63) is 0 Å². The fourth-order valence-electron chi connectivity index (χ4n) is 4.23. The van der Waals surface area contributed by atoms with Gasteiger partial charge in [0.05, 0.1) is 0 Å². The molecule has 3 unspecified atom stereocenters. The van der Waals surface area contributed by atoms with Crippen molar-refractivity contribution in [2.24, 2.45) is 17.1 Å². The van der Waals surface area contributed by atoms with E-state index in [-0.39, 0.29) is 0 Å². The lowest BCUT2D eigenvalue weighted by molar-refractivity contribution is 0.0824. The SMILES string of the molecule is CCC1CN(C)CCCN1CC1CCCC(C)(C)C1N. The van der Waals surface area contributed by atoms with Gasteiger partial charge in [0.25, 0.3) is 0 Å². The van der Waals surface area contributed by atoms with Crippen molar-refractivity contribution in [3.63, 3.8) is 0 Å². The lowest BCUT2D eigenvalue weighted by Gasteiger charge is -2.44. The van der Waals surface area contributed by atoms with Gasteiger partial charge in [0, 0.05) is 25.2 Å². The number of hydrogen-bond acceptors (Lipinski definition) is 3. The third-order valence-corrected chi connectivity index (χ3v) is 5.77. The van der Waals surface area contributed by atoms with E-state index >= 15 is 0 Å². The Hall–Kier alpha value is -0.120. The molecule has 2 rings (SSSR count). The predicted octanol–water partition coefficient (Wildman–Crippen LogP) is 2.56. The van der Waals surface area contributed by atoms with Gasteiger partial charge in [-0.15, -0.1) is 0 Å². The fraction of sp³-hybridized carbons (Fsp3) is 1.00. The van der Waals surface area contributed by atoms with E-state index in [1.165, 1.54) is 58.3 Å². The van der Waals surface area contributed by atoms with E-state index in [0.29, 0.717) is 17.4 Å². The summed E-state index contributed by atoms with van der Waals surface area (Å²) in [6.07, 6.45) is 6.54. The van der Waals surface area contributed by atoms with Gasteiger partial charge in [0.15, 0.2) is 0 Å². The van der Waals surface area contributed by atoms with Crippen LogP contribution in [-0.4, -0.2) is 55.1 Å². The van der Waals surface area contributed by atoms with E-state index in [0.717, 1.165) is 6.04 Å². The molecule has 0 aromatic carbocycles. The summed E-state index contributed by atoms with van der Waals surface area (Å²) < 4.78 is 0. The molecule has 20 heavy (non-hydrogen) atoms. The molecule has 1 heterocycles. The Bertz CT molecular complexity index is 303. The summed E-state index contributed by atoms with van der Waals surface area (Å²) in [4.78, 5) is 5.24. The lowest BCUT2D eigenvalue weighted by Crippen LogP contribution is -2.52. The second kappa shape index (κ2) is 6.76. The third kappa shape index (κ3) is 3.75. The first-order chi connectivity index (χ1) is 9.44. The van der Waals surface area contributed by atoms with Crippen LogP contribution < -0.4 is 5.73 Å². The standard InChI is InChI=1S/C17H35N3/c1-5-15-13-19(4)10-7-11-20(15)12-14-8-6-9-17(2,3)16(14)18/h14-16H,5-13,18H2,1-4H3. The van der Waals surface area contributed by atoms with Crippen LogP contribution in [0.5, 0.6) is 0 Å². The molecule has 1 aliphatic heterocycles. The Morgan fingerprint density at radius 3 is 2.65 bits per heavy atom. The molecule has 2 aliphatic rings. The average Bonchev–Trinajstić information content (AvgIpc) is 2.56. The zero-order chi connectivity index (χ0) is 14.8. The minimum Gasteiger partial charge on any atom is -0.327 e. The van der Waals surface area contributed by atoms with Gasteiger partial charge in [0.2, 0.25) is 0 Å². The van der Waals surface area contributed by atoms with Crippen molar-refractivity contribution >= 4 is 0 Å². The van der Waals surface area contributed by atoms with E-state index in [1.807, 2.05) is 0 Å². The molecule has 1 saturated carbocycles. The number of rotatable bonds is 3. The first kappa shape index (κ1) is 16.3. The maximum absolute atomic E-state index is 6.59. The van der Waals surface area contributed by atoms with Gasteiger partial charge in [-0.1, -0.05) is 27.2 Å². The second-order valence-corrected chi connectivity index (χ2v) is 7.84. The fourth-order valence-corrected chi connectivity index (χ4v) is 4.23. The minimum absolute atomic E-state index is 0.327. The van der Waals surface area contributed by atoms with Crippen LogP contribution in [0.25, 0.3) is 0 Å². The Morgan fingerprint density at radius 1 is 1.20 bits per heavy atom. The second-order valence-electron chi connectivity index (χ2n) is 7.84. The van der Waals surface area contributed by atoms with Crippen LogP contribution in [0.2, 0.25) is 0 Å². The number of nitrogens with zero attached hydrogens (tertiary/aromatic N) is 2. The maximum atomic E-state index is 6.59. The van der Waals surface area contributed by atoms with E-state index in [2.05, 4.69) is 37.6 Å². The smallest absolute Gasteiger partial charge is 0.0220 e. The van der Waals surface area contributed by atoms with Crippen LogP contribution >= 0.6 is 0 Å². The molecule has 3 heteroatoms. The Labute approximate surface area is 125 Å². The summed E-state index contributed by atoms with van der Waals surface area (Å²) in [5, 5.41) is 0. The molecule has 2 N–H and O–H groups in total. The predicted molar refractivity (Wildman–Crippen MR) is 86.9 cm³/mol. The summed E-state index contributed by atoms with van der Waals surface area (Å²) in [6.45, 7) is 12.0. The van der Waals surface area contributed by atoms with E-state index in [9.17, 15) is 0 Å². The Morgan fingerprint density at radius 2 is 1.95 bits per heavy atom. The maximum Gasteiger partial charge on any atom is 0.0220 e. The lowest BCUT2D eigenvalue weighted by atomic mass is 9.68. The molecular formula is C17H35N3. The molecule has 0 spiro atoms. The molecule has 0 aromatic heterocycles. The quantitative estimate of drug-likeness (QED) is 0.863. The molecule has 118 valence electrons. The highest BCUT2D eigenvalue weighted by Crippen LogP contribution is 2.38. The van der Waals surface area contributed by atoms with E-state index < -0.39 is 0 Å². The summed E-state index contributed by atoms with van der Waals surface area (Å²) in [6, 6.07) is 1.09. The summed E-state index contributed by atoms with van der Waals surface area (Å²) in [5.41, 5.74) is 6.92. The van der Waals surface area contributed by atoms with Gasteiger partial charge >= 0.3 is 0 Å². The molecule has 3 nitrogen and oxygen atoms in total. The summed E-state index contributed by atoms with van der Waals surface area (Å²) in [5.74, 6) is 0.691. The Balaban J connectivity index is 1.99. The zero-order valence-corrected chi connectivity index (χ0v) is 14.1. The molecule has 0 bridgehead atoms. The molecule has 1 aliphatic carbocycles. The van der Waals surface area contributed by atoms with Crippen LogP contribution in [0.3, 0.4) is 0 Å². The van der Waals surface area contributed by atoms with Crippen LogP contribution in [0, 0.1) is 11.3 Å². The first-order valence-corrected chi connectivity index (χ1v) is 8.62. The molecule has 3 atom stereocenters. The molecule has 0 aromatic rings. The largest absolute Gasteiger partial charge is 0.327 e. The molecule has 2 fully saturated rings. The summed E-state index contributed by atoms with van der Waals surface area (Å²) >= 11 is 0. The highest BCUT2D eigenvalue weighted by Gasteiger charge is 2.37. The van der Waals surface area contributed by atoms with E-state index in [1.54, 1.807) is 0 Å². The first-order valence-electron chi connectivity index (χ1n) is 8.62. The zero-order valence-electron chi connectivity index (χ0n) is 14.1. The van der Waals surface area contributed by atoms with Crippen LogP contribution in [0.4, 0.5) is 0 Å². The molecule has 0 amide bonds. The number of likely N-dealkylation sites (N-methyl/N-ethyl adjacent to an activating group) is 1. The van der Waals surface area contributed by atoms with Gasteiger partial charge < -0.3 is 10.6 Å². The van der Waals surface area contributed by atoms with Crippen molar-refractivity contribution in [1.82, 2.24) is 9.80 Å². The monoisotopic (exact) mass is 281 g/mol. The highest BCUT2D eigenvalue weighted by molar-refractivity contribution is 4.93. The van der Waals surface area contributed by atoms with Gasteiger partial charge in [-0.2, -0.15) is 0 Å². The molecular weight excluding hydrogens is 246 g/mol. The highest BCUT2D eigenvalue weighted by atomic mass is 15.2. The molecule has 0 radical (unpaired) electrons. The van der Waals surface area contributed by atoms with Crippen LogP contribution in [0.1, 0.15) is 52.9 Å². The van der Waals surface area contributed by atoms with Gasteiger partial charge in [-0.05, 0) is 57.2 Å². The van der Waals surface area contributed by atoms with Crippen molar-refractivity contribution in [3.8, 4) is 0 Å². The van der Waals surface area contributed by atoms with Crippen molar-refractivity contribution < 1.29 is 0 Å². The van der Waals surface area contributed by atoms with Gasteiger partial charge in [-0.25, -0.2) is 0 Å². The third-order valence-electron chi connectivity index (χ3n) is 5.77. The Kier molecular flexibility index (Phi) is 5.49. The van der Waals surface area contributed by atoms with Gasteiger partial charge in [0.1, 0.15) is 0 Å². The minimum atomic E-state index is 0.327. The number of hydrogen-bond donors (Lipinski definition) is 1.